The van der Waals surface area contributed by atoms with Crippen molar-refractivity contribution in [3.8, 4) is 11.1 Å². The van der Waals surface area contributed by atoms with Crippen molar-refractivity contribution in [2.75, 3.05) is 19.7 Å². The number of halogens is 3. The number of nitrogens with zero attached hydrogens (tertiary/aromatic N) is 4. The van der Waals surface area contributed by atoms with Gasteiger partial charge >= 0.3 is 0 Å². The van der Waals surface area contributed by atoms with Gasteiger partial charge in [0.2, 0.25) is 0 Å². The van der Waals surface area contributed by atoms with E-state index in [-0.39, 0.29) is 17.6 Å². The molecular formula is C23H25F2IN6OS. The first-order valence-electron chi connectivity index (χ1n) is 10.9. The second-order valence-corrected chi connectivity index (χ2v) is 9.49. The molecule has 0 bridgehead atoms. The molecule has 11 heteroatoms. The summed E-state index contributed by atoms with van der Waals surface area (Å²) in [6.07, 6.45) is 6.26. The van der Waals surface area contributed by atoms with Gasteiger partial charge < -0.3 is 15.8 Å². The van der Waals surface area contributed by atoms with Crippen LogP contribution in [0.2, 0.25) is 0 Å². The van der Waals surface area contributed by atoms with Crippen LogP contribution in [0.4, 0.5) is 8.78 Å². The lowest BCUT2D eigenvalue weighted by molar-refractivity contribution is 0.146. The monoisotopic (exact) mass is 598 g/mol. The van der Waals surface area contributed by atoms with Gasteiger partial charge in [-0.15, -0.1) is 0 Å². The molecule has 1 aliphatic rings. The number of nitrogens with one attached hydrogen (secondary N) is 1. The van der Waals surface area contributed by atoms with Crippen LogP contribution in [0.25, 0.3) is 27.7 Å². The number of hydrogen-bond donors (Lipinski definition) is 2. The van der Waals surface area contributed by atoms with E-state index in [1.165, 1.54) is 21.4 Å². The average molecular weight is 598 g/mol. The Balaban J connectivity index is 1.78. The molecule has 34 heavy (non-hydrogen) atoms. The summed E-state index contributed by atoms with van der Waals surface area (Å²) in [6.45, 7) is 4.20. The molecule has 0 aliphatic carbocycles. The summed E-state index contributed by atoms with van der Waals surface area (Å²) < 4.78 is 33.5. The molecule has 0 radical (unpaired) electrons. The summed E-state index contributed by atoms with van der Waals surface area (Å²) >= 11 is 2.18. The van der Waals surface area contributed by atoms with Crippen molar-refractivity contribution in [1.29, 1.82) is 0 Å². The van der Waals surface area contributed by atoms with Crippen LogP contribution in [0.15, 0.2) is 47.7 Å². The Morgan fingerprint density at radius 1 is 1.35 bits per heavy atom. The number of ether oxygens (including phenoxy) is 1. The van der Waals surface area contributed by atoms with E-state index < -0.39 is 6.43 Å². The maximum absolute atomic E-state index is 13.0. The van der Waals surface area contributed by atoms with Gasteiger partial charge in [-0.05, 0) is 45.0 Å². The quantitative estimate of drug-likeness (QED) is 0.206. The van der Waals surface area contributed by atoms with Crippen LogP contribution in [0.1, 0.15) is 37.4 Å². The Hall–Kier alpha value is -2.25. The number of allylic oxidation sites excluding steroid dienone is 1. The van der Waals surface area contributed by atoms with Gasteiger partial charge in [-0.1, -0.05) is 6.07 Å². The summed E-state index contributed by atoms with van der Waals surface area (Å²) in [5.74, 6) is 0.286. The summed E-state index contributed by atoms with van der Waals surface area (Å²) in [5, 5.41) is 4.19. The molecule has 0 saturated carbocycles. The minimum Gasteiger partial charge on any atom is -0.479 e. The summed E-state index contributed by atoms with van der Waals surface area (Å²) in [7, 11) is 1.47. The molecule has 1 fully saturated rings. The van der Waals surface area contributed by atoms with Crippen LogP contribution >= 0.6 is 30.3 Å². The highest BCUT2D eigenvalue weighted by atomic mass is 127. The number of aromatic nitrogens is 3. The molecule has 3 aromatic rings. The fourth-order valence-electron chi connectivity index (χ4n) is 3.85. The molecule has 1 saturated heterocycles. The van der Waals surface area contributed by atoms with Crippen molar-refractivity contribution in [2.45, 2.75) is 32.2 Å². The summed E-state index contributed by atoms with van der Waals surface area (Å²) in [6, 6.07) is 5.22. The van der Waals surface area contributed by atoms with Crippen molar-refractivity contribution in [1.82, 2.24) is 19.3 Å². The Morgan fingerprint density at radius 3 is 2.79 bits per heavy atom. The molecule has 1 aliphatic heterocycles. The lowest BCUT2D eigenvalue weighted by atomic mass is 10.0. The summed E-state index contributed by atoms with van der Waals surface area (Å²) in [4.78, 5) is 13.4. The van der Waals surface area contributed by atoms with Crippen LogP contribution in [-0.4, -0.2) is 45.9 Å². The van der Waals surface area contributed by atoms with E-state index in [9.17, 15) is 8.78 Å². The van der Waals surface area contributed by atoms with Gasteiger partial charge in [0.15, 0.2) is 11.5 Å². The normalized spacial score (nSPS) is 15.9. The molecule has 3 aromatic heterocycles. The highest BCUT2D eigenvalue weighted by molar-refractivity contribution is 14.2. The van der Waals surface area contributed by atoms with E-state index in [1.54, 1.807) is 18.5 Å². The number of piperidine rings is 1. The van der Waals surface area contributed by atoms with E-state index in [2.05, 4.69) is 36.5 Å². The minimum atomic E-state index is -2.61. The van der Waals surface area contributed by atoms with E-state index >= 15 is 0 Å². The van der Waals surface area contributed by atoms with Crippen molar-refractivity contribution < 1.29 is 13.5 Å². The van der Waals surface area contributed by atoms with E-state index in [0.717, 1.165) is 53.7 Å². The standard InChI is InChI=1S/C23H25F2IN6OS/c1-2-33-22(27)18(12-29-16-5-7-28-8-6-16)15-9-17-19(13-32(34-26)23(17)31-11-15)14-3-4-20(21(24)25)30-10-14/h3-4,9-13,16,21,28H,2,5-8,27H2,1H3/b22-18-,29-12?. The topological polar surface area (TPSA) is 90.3 Å². The third-order valence-electron chi connectivity index (χ3n) is 5.61. The van der Waals surface area contributed by atoms with Gasteiger partial charge in [-0.3, -0.25) is 13.9 Å². The Morgan fingerprint density at radius 2 is 2.15 bits per heavy atom. The van der Waals surface area contributed by atoms with Crippen molar-refractivity contribution in [3.05, 3.63) is 53.9 Å². The lowest BCUT2D eigenvalue weighted by Gasteiger charge is -2.19. The Kier molecular flexibility index (Phi) is 8.37. The zero-order valence-corrected chi connectivity index (χ0v) is 21.5. The first-order chi connectivity index (χ1) is 16.5. The molecule has 0 amide bonds. The second-order valence-electron chi connectivity index (χ2n) is 7.78. The van der Waals surface area contributed by atoms with Crippen molar-refractivity contribution >= 4 is 53.1 Å². The van der Waals surface area contributed by atoms with Gasteiger partial charge in [-0.25, -0.2) is 13.8 Å². The van der Waals surface area contributed by atoms with Crippen LogP contribution in [0.3, 0.4) is 0 Å². The van der Waals surface area contributed by atoms with E-state index in [0.29, 0.717) is 12.2 Å². The smallest absolute Gasteiger partial charge is 0.280 e. The highest BCUT2D eigenvalue weighted by Crippen LogP contribution is 2.35. The zero-order valence-electron chi connectivity index (χ0n) is 18.5. The van der Waals surface area contributed by atoms with Gasteiger partial charge in [0, 0.05) is 77.2 Å². The van der Waals surface area contributed by atoms with Gasteiger partial charge in [-0.2, -0.15) is 0 Å². The fourth-order valence-corrected chi connectivity index (χ4v) is 5.11. The zero-order chi connectivity index (χ0) is 24.1. The van der Waals surface area contributed by atoms with Crippen LogP contribution in [0.5, 0.6) is 0 Å². The Bertz CT molecular complexity index is 1190. The van der Waals surface area contributed by atoms with Crippen LogP contribution < -0.4 is 11.1 Å². The number of aliphatic imine (C=N–C) groups is 1. The fraction of sp³-hybridized carbons (Fsp3) is 0.348. The SMILES string of the molecule is CCO/C(N)=C(/C=NC1CCNCC1)c1cnc2c(c1)c(-c1ccc(C(F)F)nc1)cn2SI. The third-order valence-corrected chi connectivity index (χ3v) is 7.31. The maximum atomic E-state index is 13.0. The van der Waals surface area contributed by atoms with Gasteiger partial charge in [0.25, 0.3) is 6.43 Å². The molecule has 7 nitrogen and oxygen atoms in total. The molecule has 0 unspecified atom stereocenters. The lowest BCUT2D eigenvalue weighted by Crippen LogP contribution is -2.29. The first kappa shape index (κ1) is 24.9. The van der Waals surface area contributed by atoms with Gasteiger partial charge in [0.1, 0.15) is 5.69 Å². The predicted octanol–water partition coefficient (Wildman–Crippen LogP) is 5.37. The number of nitrogens with two attached hydrogens (primary N) is 1. The molecule has 0 atom stereocenters. The molecular weight excluding hydrogens is 573 g/mol. The maximum Gasteiger partial charge on any atom is 0.280 e. The second kappa shape index (κ2) is 11.5. The van der Waals surface area contributed by atoms with Crippen molar-refractivity contribution in [3.63, 3.8) is 0 Å². The number of rotatable bonds is 8. The average Bonchev–Trinajstić information content (AvgIpc) is 3.23. The van der Waals surface area contributed by atoms with E-state index in [4.69, 9.17) is 15.5 Å². The highest BCUT2D eigenvalue weighted by Gasteiger charge is 2.17. The van der Waals surface area contributed by atoms with Gasteiger partial charge in [0.05, 0.1) is 18.2 Å². The largest absolute Gasteiger partial charge is 0.479 e. The number of pyridine rings is 2. The Labute approximate surface area is 213 Å². The van der Waals surface area contributed by atoms with Crippen molar-refractivity contribution in [2.24, 2.45) is 10.7 Å². The summed E-state index contributed by atoms with van der Waals surface area (Å²) in [5.41, 5.74) is 9.78. The van der Waals surface area contributed by atoms with E-state index in [1.807, 2.05) is 23.2 Å². The first-order valence-corrected chi connectivity index (χ1v) is 14.2. The molecule has 180 valence electrons. The third kappa shape index (κ3) is 5.52. The number of hydrogen-bond acceptors (Lipinski definition) is 7. The van der Waals surface area contributed by atoms with Crippen LogP contribution in [-0.2, 0) is 4.74 Å². The minimum absolute atomic E-state index is 0.230. The molecule has 0 aromatic carbocycles. The molecule has 0 spiro atoms. The number of alkyl halides is 2. The van der Waals surface area contributed by atoms with Crippen LogP contribution in [0, 0.1) is 0 Å². The molecule has 4 rings (SSSR count). The molecule has 3 N–H and O–H groups in total. The molecule has 4 heterocycles. The number of fused-ring (bicyclic) bond motifs is 1. The predicted molar refractivity (Wildman–Crippen MR) is 142 cm³/mol.